The number of alkyl halides is 1. The molecule has 2 rings (SSSR count). The zero-order chi connectivity index (χ0) is 16.3. The molecule has 0 radical (unpaired) electrons. The SMILES string of the molecule is Cc1cc(C(=O)O)cc(N(C=O)CC2CNCCC2(C)F)c1. The summed E-state index contributed by atoms with van der Waals surface area (Å²) in [6, 6.07) is 4.71. The summed E-state index contributed by atoms with van der Waals surface area (Å²) in [5, 5.41) is 12.3. The number of hydrogen-bond acceptors (Lipinski definition) is 3. The number of amides is 1. The van der Waals surface area contributed by atoms with Crippen molar-refractivity contribution < 1.29 is 19.1 Å². The summed E-state index contributed by atoms with van der Waals surface area (Å²) in [5.74, 6) is -1.38. The monoisotopic (exact) mass is 308 g/mol. The molecule has 1 aromatic rings. The van der Waals surface area contributed by atoms with Gasteiger partial charge in [-0.3, -0.25) is 4.79 Å². The number of aromatic carboxylic acids is 1. The van der Waals surface area contributed by atoms with Crippen molar-refractivity contribution in [3.63, 3.8) is 0 Å². The lowest BCUT2D eigenvalue weighted by molar-refractivity contribution is -0.107. The molecule has 1 amide bonds. The van der Waals surface area contributed by atoms with Crippen LogP contribution in [0.3, 0.4) is 0 Å². The molecule has 1 fully saturated rings. The number of benzene rings is 1. The standard InChI is InChI=1S/C16H21FN2O3/c1-11-5-12(15(21)22)7-14(6-11)19(10-20)9-13-8-18-4-3-16(13,2)17/h5-7,10,13,18H,3-4,8-9H2,1-2H3,(H,21,22). The normalized spacial score (nSPS) is 24.8. The van der Waals surface area contributed by atoms with Gasteiger partial charge in [-0.2, -0.15) is 0 Å². The van der Waals surface area contributed by atoms with Crippen LogP contribution in [0.2, 0.25) is 0 Å². The number of halogens is 1. The summed E-state index contributed by atoms with van der Waals surface area (Å²) in [6.45, 7) is 4.65. The van der Waals surface area contributed by atoms with Gasteiger partial charge in [-0.25, -0.2) is 9.18 Å². The number of carbonyl (C=O) groups is 2. The Morgan fingerprint density at radius 2 is 2.27 bits per heavy atom. The lowest BCUT2D eigenvalue weighted by atomic mass is 9.84. The number of carboxylic acid groups (broad SMARTS) is 1. The van der Waals surface area contributed by atoms with Crippen LogP contribution in [0.4, 0.5) is 10.1 Å². The van der Waals surface area contributed by atoms with Crippen molar-refractivity contribution in [1.29, 1.82) is 0 Å². The summed E-state index contributed by atoms with van der Waals surface area (Å²) in [4.78, 5) is 23.9. The van der Waals surface area contributed by atoms with Crippen LogP contribution in [0.5, 0.6) is 0 Å². The van der Waals surface area contributed by atoms with Gasteiger partial charge in [-0.1, -0.05) is 0 Å². The topological polar surface area (TPSA) is 69.6 Å². The largest absolute Gasteiger partial charge is 0.478 e. The first-order valence-electron chi connectivity index (χ1n) is 7.30. The smallest absolute Gasteiger partial charge is 0.335 e. The van der Waals surface area contributed by atoms with Gasteiger partial charge >= 0.3 is 5.97 Å². The molecule has 6 heteroatoms. The maximum Gasteiger partial charge on any atom is 0.335 e. The Bertz CT molecular complexity index is 575. The third-order valence-corrected chi connectivity index (χ3v) is 4.22. The van der Waals surface area contributed by atoms with Gasteiger partial charge in [0.15, 0.2) is 0 Å². The first kappa shape index (κ1) is 16.4. The van der Waals surface area contributed by atoms with Gasteiger partial charge < -0.3 is 15.3 Å². The zero-order valence-corrected chi connectivity index (χ0v) is 12.8. The lowest BCUT2D eigenvalue weighted by Gasteiger charge is -2.37. The third-order valence-electron chi connectivity index (χ3n) is 4.22. The molecule has 120 valence electrons. The maximum atomic E-state index is 14.6. The van der Waals surface area contributed by atoms with Crippen molar-refractivity contribution in [2.24, 2.45) is 5.92 Å². The summed E-state index contributed by atoms with van der Waals surface area (Å²) >= 11 is 0. The molecule has 0 aliphatic carbocycles. The van der Waals surface area contributed by atoms with Crippen LogP contribution >= 0.6 is 0 Å². The number of hydrogen-bond donors (Lipinski definition) is 2. The molecule has 1 aliphatic heterocycles. The molecule has 1 aliphatic rings. The van der Waals surface area contributed by atoms with Gasteiger partial charge in [0.1, 0.15) is 5.67 Å². The minimum absolute atomic E-state index is 0.117. The molecular weight excluding hydrogens is 287 g/mol. The van der Waals surface area contributed by atoms with Gasteiger partial charge in [0, 0.05) is 24.7 Å². The number of carbonyl (C=O) groups excluding carboxylic acids is 1. The Morgan fingerprint density at radius 1 is 1.55 bits per heavy atom. The second-order valence-corrected chi connectivity index (χ2v) is 6.05. The molecule has 22 heavy (non-hydrogen) atoms. The molecule has 0 spiro atoms. The molecule has 2 atom stereocenters. The van der Waals surface area contributed by atoms with Gasteiger partial charge in [0.05, 0.1) is 5.56 Å². The summed E-state index contributed by atoms with van der Waals surface area (Å²) in [5.41, 5.74) is -0.00155. The van der Waals surface area contributed by atoms with E-state index in [1.165, 1.54) is 17.0 Å². The van der Waals surface area contributed by atoms with E-state index >= 15 is 0 Å². The van der Waals surface area contributed by atoms with E-state index in [9.17, 15) is 14.0 Å². The fourth-order valence-corrected chi connectivity index (χ4v) is 2.78. The maximum absolute atomic E-state index is 14.6. The number of carboxylic acids is 1. The molecule has 2 unspecified atom stereocenters. The predicted octanol–water partition coefficient (Wildman–Crippen LogP) is 1.99. The highest BCUT2D eigenvalue weighted by Crippen LogP contribution is 2.30. The molecule has 5 nitrogen and oxygen atoms in total. The van der Waals surface area contributed by atoms with Gasteiger partial charge in [0.2, 0.25) is 6.41 Å². The number of nitrogens with zero attached hydrogens (tertiary/aromatic N) is 1. The number of piperidine rings is 1. The Morgan fingerprint density at radius 3 is 2.86 bits per heavy atom. The van der Waals surface area contributed by atoms with E-state index in [4.69, 9.17) is 5.11 Å². The highest BCUT2D eigenvalue weighted by Gasteiger charge is 2.37. The van der Waals surface area contributed by atoms with E-state index in [-0.39, 0.29) is 18.0 Å². The Hall–Kier alpha value is -1.95. The van der Waals surface area contributed by atoms with Crippen molar-refractivity contribution in [2.75, 3.05) is 24.5 Å². The van der Waals surface area contributed by atoms with Crippen LogP contribution in [0.25, 0.3) is 0 Å². The molecule has 2 N–H and O–H groups in total. The van der Waals surface area contributed by atoms with Crippen LogP contribution in [0.15, 0.2) is 18.2 Å². The van der Waals surface area contributed by atoms with Gasteiger partial charge in [-0.15, -0.1) is 0 Å². The Kier molecular flexibility index (Phi) is 4.81. The fourth-order valence-electron chi connectivity index (χ4n) is 2.78. The molecular formula is C16H21FN2O3. The molecule has 0 bridgehead atoms. The summed E-state index contributed by atoms with van der Waals surface area (Å²) < 4.78 is 14.6. The van der Waals surface area contributed by atoms with Gasteiger partial charge in [-0.05, 0) is 50.6 Å². The van der Waals surface area contributed by atoms with Crippen molar-refractivity contribution in [3.05, 3.63) is 29.3 Å². The van der Waals surface area contributed by atoms with Crippen molar-refractivity contribution >= 4 is 18.1 Å². The van der Waals surface area contributed by atoms with Crippen molar-refractivity contribution in [2.45, 2.75) is 25.9 Å². The highest BCUT2D eigenvalue weighted by molar-refractivity contribution is 5.90. The molecule has 0 aromatic heterocycles. The van der Waals surface area contributed by atoms with Crippen LogP contribution < -0.4 is 10.2 Å². The van der Waals surface area contributed by atoms with E-state index < -0.39 is 11.6 Å². The predicted molar refractivity (Wildman–Crippen MR) is 82.0 cm³/mol. The van der Waals surface area contributed by atoms with Crippen LogP contribution in [0.1, 0.15) is 29.3 Å². The van der Waals surface area contributed by atoms with Crippen LogP contribution in [-0.4, -0.2) is 42.8 Å². The average molecular weight is 308 g/mol. The first-order valence-corrected chi connectivity index (χ1v) is 7.30. The Balaban J connectivity index is 2.25. The number of nitrogens with one attached hydrogen (secondary N) is 1. The van der Waals surface area contributed by atoms with E-state index in [1.807, 2.05) is 0 Å². The number of anilines is 1. The van der Waals surface area contributed by atoms with E-state index in [1.54, 1.807) is 19.9 Å². The molecule has 1 heterocycles. The minimum atomic E-state index is -1.34. The molecule has 1 aromatic carbocycles. The van der Waals surface area contributed by atoms with Crippen LogP contribution in [0, 0.1) is 12.8 Å². The molecule has 0 saturated carbocycles. The Labute approximate surface area is 129 Å². The quantitative estimate of drug-likeness (QED) is 0.816. The van der Waals surface area contributed by atoms with E-state index in [0.29, 0.717) is 31.6 Å². The highest BCUT2D eigenvalue weighted by atomic mass is 19.1. The second kappa shape index (κ2) is 6.44. The number of aryl methyl sites for hydroxylation is 1. The first-order chi connectivity index (χ1) is 10.3. The van der Waals surface area contributed by atoms with E-state index in [0.717, 1.165) is 5.56 Å². The average Bonchev–Trinajstić information content (AvgIpc) is 2.45. The summed E-state index contributed by atoms with van der Waals surface area (Å²) in [6.07, 6.45) is 1.03. The molecule has 1 saturated heterocycles. The number of rotatable bonds is 5. The van der Waals surface area contributed by atoms with Crippen LogP contribution in [-0.2, 0) is 4.79 Å². The minimum Gasteiger partial charge on any atom is -0.478 e. The lowest BCUT2D eigenvalue weighted by Crippen LogP contribution is -2.50. The van der Waals surface area contributed by atoms with E-state index in [2.05, 4.69) is 5.32 Å². The summed E-state index contributed by atoms with van der Waals surface area (Å²) in [7, 11) is 0. The second-order valence-electron chi connectivity index (χ2n) is 6.05. The van der Waals surface area contributed by atoms with Crippen molar-refractivity contribution in [3.8, 4) is 0 Å². The zero-order valence-electron chi connectivity index (χ0n) is 12.8. The third kappa shape index (κ3) is 3.62. The fraction of sp³-hybridized carbons (Fsp3) is 0.500. The van der Waals surface area contributed by atoms with Gasteiger partial charge in [0.25, 0.3) is 0 Å². The van der Waals surface area contributed by atoms with Crippen molar-refractivity contribution in [1.82, 2.24) is 5.32 Å².